The molecule has 0 atom stereocenters. The number of benzene rings is 3. The van der Waals surface area contributed by atoms with Gasteiger partial charge in [-0.2, -0.15) is 0 Å². The molecule has 6 nitrogen and oxygen atoms in total. The molecule has 0 radical (unpaired) electrons. The number of hydrogen-bond acceptors (Lipinski definition) is 5. The maximum atomic E-state index is 13.0. The van der Waals surface area contributed by atoms with E-state index >= 15 is 0 Å². The third-order valence-electron chi connectivity index (χ3n) is 4.98. The lowest BCUT2D eigenvalue weighted by Gasteiger charge is -2.22. The van der Waals surface area contributed by atoms with Crippen molar-refractivity contribution in [3.63, 3.8) is 0 Å². The molecular formula is C25H23N3O3. The van der Waals surface area contributed by atoms with Crippen molar-refractivity contribution in [1.82, 2.24) is 15.1 Å². The summed E-state index contributed by atoms with van der Waals surface area (Å²) >= 11 is 0. The minimum absolute atomic E-state index is 0.0968. The summed E-state index contributed by atoms with van der Waals surface area (Å²) in [6, 6.07) is 24.6. The van der Waals surface area contributed by atoms with Crippen molar-refractivity contribution in [2.24, 2.45) is 0 Å². The van der Waals surface area contributed by atoms with Crippen molar-refractivity contribution in [1.29, 1.82) is 0 Å². The van der Waals surface area contributed by atoms with Gasteiger partial charge in [-0.25, -0.2) is 0 Å². The summed E-state index contributed by atoms with van der Waals surface area (Å²) in [6.07, 6.45) is 0. The van der Waals surface area contributed by atoms with Crippen LogP contribution in [-0.2, 0) is 6.54 Å². The molecule has 0 unspecified atom stereocenters. The van der Waals surface area contributed by atoms with Crippen LogP contribution in [0.1, 0.15) is 21.5 Å². The van der Waals surface area contributed by atoms with Gasteiger partial charge < -0.3 is 14.4 Å². The largest absolute Gasteiger partial charge is 0.416 e. The van der Waals surface area contributed by atoms with Gasteiger partial charge in [0.15, 0.2) is 0 Å². The Balaban J connectivity index is 1.50. The molecule has 1 heterocycles. The van der Waals surface area contributed by atoms with E-state index in [0.29, 0.717) is 23.9 Å². The molecule has 0 spiro atoms. The number of aryl methyl sites for hydroxylation is 1. The van der Waals surface area contributed by atoms with Crippen molar-refractivity contribution in [3.8, 4) is 22.9 Å². The van der Waals surface area contributed by atoms with Gasteiger partial charge in [-0.1, -0.05) is 48.0 Å². The number of carbonyl (C=O) groups is 1. The van der Waals surface area contributed by atoms with Gasteiger partial charge in [0.2, 0.25) is 11.8 Å². The normalized spacial score (nSPS) is 10.8. The van der Waals surface area contributed by atoms with Crippen LogP contribution in [0.3, 0.4) is 0 Å². The topological polar surface area (TPSA) is 79.5 Å². The van der Waals surface area contributed by atoms with Crippen LogP contribution in [0.5, 0.6) is 0 Å². The molecule has 4 rings (SSSR count). The molecule has 156 valence electrons. The Labute approximate surface area is 180 Å². The second kappa shape index (κ2) is 9.36. The van der Waals surface area contributed by atoms with Crippen LogP contribution >= 0.6 is 0 Å². The number of aliphatic hydroxyl groups is 1. The molecule has 0 bridgehead atoms. The quantitative estimate of drug-likeness (QED) is 0.487. The monoisotopic (exact) mass is 413 g/mol. The number of hydrogen-bond donors (Lipinski definition) is 1. The molecule has 0 aliphatic rings. The van der Waals surface area contributed by atoms with Crippen molar-refractivity contribution in [3.05, 3.63) is 95.6 Å². The molecule has 3 aromatic carbocycles. The number of amides is 1. The van der Waals surface area contributed by atoms with Gasteiger partial charge in [0.1, 0.15) is 0 Å². The van der Waals surface area contributed by atoms with E-state index in [4.69, 9.17) is 4.42 Å². The van der Waals surface area contributed by atoms with Gasteiger partial charge in [-0.15, -0.1) is 10.2 Å². The second-order valence-electron chi connectivity index (χ2n) is 7.29. The molecule has 0 saturated heterocycles. The van der Waals surface area contributed by atoms with Crippen LogP contribution < -0.4 is 0 Å². The average molecular weight is 413 g/mol. The highest BCUT2D eigenvalue weighted by Crippen LogP contribution is 2.24. The minimum Gasteiger partial charge on any atom is -0.416 e. The van der Waals surface area contributed by atoms with E-state index in [0.717, 1.165) is 22.3 Å². The Morgan fingerprint density at radius 1 is 0.871 bits per heavy atom. The lowest BCUT2D eigenvalue weighted by Crippen LogP contribution is -2.33. The van der Waals surface area contributed by atoms with Crippen LogP contribution in [0.25, 0.3) is 22.9 Å². The Bertz CT molecular complexity index is 1140. The van der Waals surface area contributed by atoms with Crippen LogP contribution in [-0.4, -0.2) is 39.3 Å². The summed E-state index contributed by atoms with van der Waals surface area (Å²) in [5.74, 6) is 0.702. The van der Waals surface area contributed by atoms with Gasteiger partial charge in [0.25, 0.3) is 5.91 Å². The van der Waals surface area contributed by atoms with Crippen LogP contribution in [0.4, 0.5) is 0 Å². The third kappa shape index (κ3) is 4.87. The fraction of sp³-hybridized carbons (Fsp3) is 0.160. The molecule has 1 amide bonds. The van der Waals surface area contributed by atoms with E-state index in [2.05, 4.69) is 10.2 Å². The van der Waals surface area contributed by atoms with E-state index in [9.17, 15) is 9.90 Å². The molecular weight excluding hydrogens is 390 g/mol. The van der Waals surface area contributed by atoms with E-state index in [1.807, 2.05) is 61.5 Å². The van der Waals surface area contributed by atoms with Crippen LogP contribution in [0.15, 0.2) is 83.3 Å². The summed E-state index contributed by atoms with van der Waals surface area (Å²) < 4.78 is 5.81. The van der Waals surface area contributed by atoms with E-state index in [1.54, 1.807) is 29.2 Å². The van der Waals surface area contributed by atoms with Crippen LogP contribution in [0.2, 0.25) is 0 Å². The van der Waals surface area contributed by atoms with Gasteiger partial charge in [0, 0.05) is 29.8 Å². The number of aliphatic hydroxyl groups excluding tert-OH is 1. The highest BCUT2D eigenvalue weighted by atomic mass is 16.4. The lowest BCUT2D eigenvalue weighted by atomic mass is 10.1. The summed E-state index contributed by atoms with van der Waals surface area (Å²) in [6.45, 7) is 2.62. The zero-order valence-corrected chi connectivity index (χ0v) is 17.2. The molecule has 6 heteroatoms. The second-order valence-corrected chi connectivity index (χ2v) is 7.29. The highest BCUT2D eigenvalue weighted by Gasteiger charge is 2.17. The SMILES string of the molecule is Cc1ccc(-c2nnc(-c3ccc(C(=O)N(CCO)Cc4ccccc4)cc3)o2)cc1. The molecule has 0 aliphatic heterocycles. The van der Waals surface area contributed by atoms with Gasteiger partial charge >= 0.3 is 0 Å². The maximum absolute atomic E-state index is 13.0. The molecule has 1 N–H and O–H groups in total. The van der Waals surface area contributed by atoms with E-state index in [-0.39, 0.29) is 19.1 Å². The van der Waals surface area contributed by atoms with Crippen LogP contribution in [0, 0.1) is 6.92 Å². The van der Waals surface area contributed by atoms with Crippen molar-refractivity contribution < 1.29 is 14.3 Å². The van der Waals surface area contributed by atoms with Gasteiger partial charge in [-0.05, 0) is 48.9 Å². The first-order valence-corrected chi connectivity index (χ1v) is 10.1. The molecule has 4 aromatic rings. The summed E-state index contributed by atoms with van der Waals surface area (Å²) in [4.78, 5) is 14.6. The Morgan fingerprint density at radius 2 is 1.45 bits per heavy atom. The van der Waals surface area contributed by atoms with Crippen molar-refractivity contribution in [2.75, 3.05) is 13.2 Å². The number of nitrogens with zero attached hydrogens (tertiary/aromatic N) is 3. The number of rotatable bonds is 7. The summed E-state index contributed by atoms with van der Waals surface area (Å²) in [7, 11) is 0. The molecule has 0 fully saturated rings. The fourth-order valence-electron chi connectivity index (χ4n) is 3.27. The average Bonchev–Trinajstić information content (AvgIpc) is 3.30. The first kappa shape index (κ1) is 20.5. The molecule has 31 heavy (non-hydrogen) atoms. The third-order valence-corrected chi connectivity index (χ3v) is 4.98. The Kier molecular flexibility index (Phi) is 6.19. The maximum Gasteiger partial charge on any atom is 0.254 e. The summed E-state index contributed by atoms with van der Waals surface area (Å²) in [5.41, 5.74) is 4.30. The first-order valence-electron chi connectivity index (χ1n) is 10.1. The minimum atomic E-state index is -0.143. The number of carbonyl (C=O) groups excluding carboxylic acids is 1. The highest BCUT2D eigenvalue weighted by molar-refractivity contribution is 5.94. The fourth-order valence-corrected chi connectivity index (χ4v) is 3.27. The van der Waals surface area contributed by atoms with Crippen molar-refractivity contribution in [2.45, 2.75) is 13.5 Å². The molecule has 0 aliphatic carbocycles. The smallest absolute Gasteiger partial charge is 0.254 e. The zero-order chi connectivity index (χ0) is 21.6. The first-order chi connectivity index (χ1) is 15.1. The lowest BCUT2D eigenvalue weighted by molar-refractivity contribution is 0.0708. The zero-order valence-electron chi connectivity index (χ0n) is 17.2. The van der Waals surface area contributed by atoms with Gasteiger partial charge in [0.05, 0.1) is 6.61 Å². The predicted octanol–water partition coefficient (Wildman–Crippen LogP) is 4.35. The van der Waals surface area contributed by atoms with E-state index < -0.39 is 0 Å². The van der Waals surface area contributed by atoms with Gasteiger partial charge in [-0.3, -0.25) is 4.79 Å². The molecule has 1 aromatic heterocycles. The number of aromatic nitrogens is 2. The van der Waals surface area contributed by atoms with E-state index in [1.165, 1.54) is 0 Å². The Hall–Kier alpha value is -3.77. The van der Waals surface area contributed by atoms with Crippen molar-refractivity contribution >= 4 is 5.91 Å². The Morgan fingerprint density at radius 3 is 2.03 bits per heavy atom. The summed E-state index contributed by atoms with van der Waals surface area (Å²) in [5, 5.41) is 17.7. The molecule has 0 saturated carbocycles. The predicted molar refractivity (Wildman–Crippen MR) is 118 cm³/mol. The standard InChI is InChI=1S/C25H23N3O3/c1-18-7-9-20(10-8-18)23-26-27-24(31-23)21-11-13-22(14-12-21)25(30)28(15-16-29)17-19-5-3-2-4-6-19/h2-14,29H,15-17H2,1H3.